The number of carbonyl (C=O) groups is 2. The quantitative estimate of drug-likeness (QED) is 0.415. The molecule has 98 valence electrons. The average molecular weight is 246 g/mol. The van der Waals surface area contributed by atoms with E-state index < -0.39 is 29.6 Å². The van der Waals surface area contributed by atoms with Crippen molar-refractivity contribution in [1.29, 1.82) is 0 Å². The minimum absolute atomic E-state index is 0.0626. The maximum absolute atomic E-state index is 10.9. The molecule has 1 saturated carbocycles. The number of aliphatic hydroxyl groups is 2. The number of hydrogen-bond donors (Lipinski definition) is 4. The molecule has 0 saturated heterocycles. The van der Waals surface area contributed by atoms with Crippen molar-refractivity contribution in [3.8, 4) is 0 Å². The Morgan fingerprint density at radius 3 is 2.59 bits per heavy atom. The molecule has 1 rings (SSSR count). The molecule has 1 fully saturated rings. The molecule has 0 spiro atoms. The van der Waals surface area contributed by atoms with Gasteiger partial charge in [0.25, 0.3) is 0 Å². The molecule has 0 aromatic carbocycles. The van der Waals surface area contributed by atoms with E-state index in [0.29, 0.717) is 6.41 Å². The largest absolute Gasteiger partial charge is 0.479 e. The molecule has 0 radical (unpaired) electrons. The summed E-state index contributed by atoms with van der Waals surface area (Å²) in [6, 6.07) is -1.13. The predicted molar refractivity (Wildman–Crippen MR) is 58.0 cm³/mol. The minimum Gasteiger partial charge on any atom is -0.479 e. The zero-order chi connectivity index (χ0) is 13.2. The standard InChI is InChI=1S/C10H18N2O5/c1-12(5-14)8(4-13)6-2-10(17,9(15)16)3-7(6)11/h5-8,13,17H,2-4,11H2,1H3,(H,15,16)/t6-,7+,8?,10+/m1/s1. The van der Waals surface area contributed by atoms with Crippen LogP contribution in [0.5, 0.6) is 0 Å². The van der Waals surface area contributed by atoms with Crippen molar-refractivity contribution in [2.24, 2.45) is 11.7 Å². The Balaban J connectivity index is 2.85. The number of nitrogens with two attached hydrogens (primary N) is 1. The van der Waals surface area contributed by atoms with Crippen molar-refractivity contribution in [2.75, 3.05) is 13.7 Å². The lowest BCUT2D eigenvalue weighted by molar-refractivity contribution is -0.158. The van der Waals surface area contributed by atoms with Gasteiger partial charge in [0.1, 0.15) is 0 Å². The molecule has 0 aromatic rings. The zero-order valence-corrected chi connectivity index (χ0v) is 9.61. The molecular formula is C10H18N2O5. The van der Waals surface area contributed by atoms with Gasteiger partial charge in [0.05, 0.1) is 12.6 Å². The fraction of sp³-hybridized carbons (Fsp3) is 0.800. The van der Waals surface area contributed by atoms with Crippen molar-refractivity contribution in [1.82, 2.24) is 4.90 Å². The van der Waals surface area contributed by atoms with E-state index in [9.17, 15) is 19.8 Å². The molecule has 0 aliphatic heterocycles. The van der Waals surface area contributed by atoms with E-state index in [0.717, 1.165) is 0 Å². The molecule has 0 aromatic heterocycles. The second-order valence-corrected chi connectivity index (χ2v) is 4.59. The van der Waals surface area contributed by atoms with Crippen LogP contribution in [-0.4, -0.2) is 63.9 Å². The number of aliphatic carboxylic acids is 1. The Kier molecular flexibility index (Phi) is 4.07. The van der Waals surface area contributed by atoms with Crippen molar-refractivity contribution >= 4 is 12.4 Å². The lowest BCUT2D eigenvalue weighted by atomic mass is 9.93. The molecule has 0 bridgehead atoms. The Morgan fingerprint density at radius 2 is 2.24 bits per heavy atom. The molecule has 5 N–H and O–H groups in total. The van der Waals surface area contributed by atoms with Crippen LogP contribution < -0.4 is 5.73 Å². The summed E-state index contributed by atoms with van der Waals surface area (Å²) in [6.45, 7) is -0.316. The van der Waals surface area contributed by atoms with Gasteiger partial charge < -0.3 is 26.0 Å². The van der Waals surface area contributed by atoms with Crippen LogP contribution in [0.4, 0.5) is 0 Å². The second kappa shape index (κ2) is 4.99. The zero-order valence-electron chi connectivity index (χ0n) is 9.61. The highest BCUT2D eigenvalue weighted by atomic mass is 16.4. The summed E-state index contributed by atoms with van der Waals surface area (Å²) in [5.74, 6) is -1.75. The number of rotatable bonds is 5. The number of hydrogen-bond acceptors (Lipinski definition) is 5. The molecule has 0 heterocycles. The van der Waals surface area contributed by atoms with Crippen LogP contribution in [0.1, 0.15) is 12.8 Å². The average Bonchev–Trinajstić information content (AvgIpc) is 2.57. The summed E-state index contributed by atoms with van der Waals surface area (Å²) in [4.78, 5) is 22.8. The fourth-order valence-corrected chi connectivity index (χ4v) is 2.41. The van der Waals surface area contributed by atoms with Gasteiger partial charge in [-0.25, -0.2) is 4.79 Å². The Hall–Kier alpha value is -1.18. The fourth-order valence-electron chi connectivity index (χ4n) is 2.41. The van der Waals surface area contributed by atoms with Gasteiger partial charge in [0.15, 0.2) is 5.60 Å². The first-order chi connectivity index (χ1) is 7.85. The molecule has 7 nitrogen and oxygen atoms in total. The van der Waals surface area contributed by atoms with E-state index in [1.54, 1.807) is 0 Å². The molecule has 1 unspecified atom stereocenters. The number of aliphatic hydroxyl groups excluding tert-OH is 1. The number of likely N-dealkylation sites (N-methyl/N-ethyl adjacent to an activating group) is 1. The number of amides is 1. The van der Waals surface area contributed by atoms with Crippen LogP contribution in [0.2, 0.25) is 0 Å². The molecule has 4 atom stereocenters. The van der Waals surface area contributed by atoms with Crippen LogP contribution in [0.15, 0.2) is 0 Å². The van der Waals surface area contributed by atoms with Crippen LogP contribution in [0, 0.1) is 5.92 Å². The van der Waals surface area contributed by atoms with Crippen molar-refractivity contribution in [2.45, 2.75) is 30.5 Å². The third-order valence-electron chi connectivity index (χ3n) is 3.47. The summed E-state index contributed by atoms with van der Waals surface area (Å²) in [5, 5.41) is 28.0. The lowest BCUT2D eigenvalue weighted by Crippen LogP contribution is -2.45. The maximum atomic E-state index is 10.9. The Labute approximate surface area is 98.8 Å². The van der Waals surface area contributed by atoms with Crippen LogP contribution >= 0.6 is 0 Å². The van der Waals surface area contributed by atoms with Gasteiger partial charge in [0, 0.05) is 25.4 Å². The first-order valence-corrected chi connectivity index (χ1v) is 5.35. The van der Waals surface area contributed by atoms with E-state index in [1.165, 1.54) is 11.9 Å². The van der Waals surface area contributed by atoms with E-state index in [4.69, 9.17) is 10.8 Å². The topological polar surface area (TPSA) is 124 Å². The van der Waals surface area contributed by atoms with Crippen LogP contribution in [-0.2, 0) is 9.59 Å². The highest BCUT2D eigenvalue weighted by Crippen LogP contribution is 2.37. The van der Waals surface area contributed by atoms with Gasteiger partial charge in [-0.1, -0.05) is 0 Å². The summed E-state index contributed by atoms with van der Waals surface area (Å²) < 4.78 is 0. The van der Waals surface area contributed by atoms with Gasteiger partial charge in [-0.05, 0) is 6.42 Å². The lowest BCUT2D eigenvalue weighted by Gasteiger charge is -2.30. The predicted octanol–water partition coefficient (Wildman–Crippen LogP) is -2.01. The smallest absolute Gasteiger partial charge is 0.335 e. The highest BCUT2D eigenvalue weighted by Gasteiger charge is 2.50. The number of carboxylic acids is 1. The third kappa shape index (κ3) is 2.56. The summed E-state index contributed by atoms with van der Waals surface area (Å²) in [7, 11) is 1.48. The molecule has 7 heteroatoms. The summed E-state index contributed by atoms with van der Waals surface area (Å²) in [6.07, 6.45) is 0.412. The molecule has 1 aliphatic rings. The SMILES string of the molecule is CN(C=O)C(CO)[C@@H]1C[C@@](O)(C(=O)O)C[C@@H]1N. The van der Waals surface area contributed by atoms with Gasteiger partial charge in [-0.15, -0.1) is 0 Å². The molecule has 17 heavy (non-hydrogen) atoms. The van der Waals surface area contributed by atoms with E-state index >= 15 is 0 Å². The van der Waals surface area contributed by atoms with E-state index in [2.05, 4.69) is 0 Å². The summed E-state index contributed by atoms with van der Waals surface area (Å²) >= 11 is 0. The van der Waals surface area contributed by atoms with E-state index in [1.807, 2.05) is 0 Å². The second-order valence-electron chi connectivity index (χ2n) is 4.59. The first-order valence-electron chi connectivity index (χ1n) is 5.35. The molecular weight excluding hydrogens is 228 g/mol. The van der Waals surface area contributed by atoms with Crippen LogP contribution in [0.25, 0.3) is 0 Å². The van der Waals surface area contributed by atoms with Gasteiger partial charge in [-0.3, -0.25) is 4.79 Å². The van der Waals surface area contributed by atoms with E-state index in [-0.39, 0.29) is 19.4 Å². The Bertz CT molecular complexity index is 311. The molecule has 1 aliphatic carbocycles. The highest BCUT2D eigenvalue weighted by molar-refractivity contribution is 5.77. The Morgan fingerprint density at radius 1 is 1.65 bits per heavy atom. The number of nitrogens with zero attached hydrogens (tertiary/aromatic N) is 1. The van der Waals surface area contributed by atoms with Gasteiger partial charge >= 0.3 is 5.97 Å². The minimum atomic E-state index is -1.86. The number of carbonyl (C=O) groups excluding carboxylic acids is 1. The monoisotopic (exact) mass is 246 g/mol. The summed E-state index contributed by atoms with van der Waals surface area (Å²) in [5.41, 5.74) is 3.92. The van der Waals surface area contributed by atoms with Crippen molar-refractivity contribution < 1.29 is 24.9 Å². The normalized spacial score (nSPS) is 34.4. The number of carboxylic acid groups (broad SMARTS) is 1. The van der Waals surface area contributed by atoms with Crippen molar-refractivity contribution in [3.05, 3.63) is 0 Å². The first kappa shape index (κ1) is 13.9. The third-order valence-corrected chi connectivity index (χ3v) is 3.47. The van der Waals surface area contributed by atoms with Gasteiger partial charge in [-0.2, -0.15) is 0 Å². The van der Waals surface area contributed by atoms with Crippen molar-refractivity contribution in [3.63, 3.8) is 0 Å². The van der Waals surface area contributed by atoms with Crippen LogP contribution in [0.3, 0.4) is 0 Å². The van der Waals surface area contributed by atoms with Gasteiger partial charge in [0.2, 0.25) is 6.41 Å². The molecule has 1 amide bonds. The maximum Gasteiger partial charge on any atom is 0.335 e.